The topological polar surface area (TPSA) is 93.0 Å². The first kappa shape index (κ1) is 17.1. The number of anilines is 1. The minimum atomic E-state index is -0.0990. The molecule has 25 heavy (non-hydrogen) atoms. The zero-order valence-electron chi connectivity index (χ0n) is 14.3. The lowest BCUT2D eigenvalue weighted by Gasteiger charge is -2.33. The zero-order chi connectivity index (χ0) is 17.6. The molecule has 8 heteroatoms. The molecule has 3 rings (SSSR count). The van der Waals surface area contributed by atoms with Crippen molar-refractivity contribution in [3.63, 3.8) is 0 Å². The van der Waals surface area contributed by atoms with Crippen molar-refractivity contribution in [3.8, 4) is 0 Å². The van der Waals surface area contributed by atoms with Crippen LogP contribution in [-0.2, 0) is 11.8 Å². The summed E-state index contributed by atoms with van der Waals surface area (Å²) >= 11 is 0. The summed E-state index contributed by atoms with van der Waals surface area (Å²) in [5.41, 5.74) is 0.542. The molecule has 0 saturated carbocycles. The Morgan fingerprint density at radius 1 is 1.28 bits per heavy atom. The van der Waals surface area contributed by atoms with E-state index in [0.717, 1.165) is 19.4 Å². The second-order valence-electron chi connectivity index (χ2n) is 6.23. The quantitative estimate of drug-likeness (QED) is 0.786. The van der Waals surface area contributed by atoms with Gasteiger partial charge in [-0.2, -0.15) is 5.10 Å². The molecule has 8 nitrogen and oxygen atoms in total. The van der Waals surface area contributed by atoms with Gasteiger partial charge in [0.15, 0.2) is 5.78 Å². The molecule has 0 bridgehead atoms. The number of hydrogen-bond acceptors (Lipinski definition) is 6. The molecule has 1 aliphatic rings. The van der Waals surface area contributed by atoms with Crippen LogP contribution >= 0.6 is 0 Å². The molecule has 0 aromatic carbocycles. The van der Waals surface area contributed by atoms with Crippen molar-refractivity contribution in [2.45, 2.75) is 31.7 Å². The minimum Gasteiger partial charge on any atom is -0.352 e. The average molecular weight is 342 g/mol. The zero-order valence-corrected chi connectivity index (χ0v) is 14.3. The van der Waals surface area contributed by atoms with Gasteiger partial charge in [0.25, 0.3) is 0 Å². The van der Waals surface area contributed by atoms with E-state index in [-0.39, 0.29) is 30.6 Å². The Balaban J connectivity index is 1.47. The lowest BCUT2D eigenvalue weighted by molar-refractivity contribution is -0.121. The molecule has 1 saturated heterocycles. The van der Waals surface area contributed by atoms with Crippen molar-refractivity contribution >= 4 is 17.6 Å². The monoisotopic (exact) mass is 342 g/mol. The van der Waals surface area contributed by atoms with Gasteiger partial charge in [-0.05, 0) is 18.9 Å². The first-order valence-electron chi connectivity index (χ1n) is 8.45. The van der Waals surface area contributed by atoms with Crippen molar-refractivity contribution in [2.75, 3.05) is 18.0 Å². The fraction of sp³-hybridized carbons (Fsp3) is 0.471. The van der Waals surface area contributed by atoms with E-state index in [0.29, 0.717) is 18.1 Å². The van der Waals surface area contributed by atoms with Crippen LogP contribution in [0.2, 0.25) is 0 Å². The average Bonchev–Trinajstić information content (AvgIpc) is 3.07. The van der Waals surface area contributed by atoms with Crippen LogP contribution in [0.5, 0.6) is 0 Å². The number of aryl methyl sites for hydroxylation is 1. The highest BCUT2D eigenvalue weighted by Gasteiger charge is 2.23. The number of piperidine rings is 1. The van der Waals surface area contributed by atoms with Gasteiger partial charge < -0.3 is 10.2 Å². The van der Waals surface area contributed by atoms with Gasteiger partial charge >= 0.3 is 0 Å². The molecule has 1 amide bonds. The second-order valence-corrected chi connectivity index (χ2v) is 6.23. The van der Waals surface area contributed by atoms with Crippen molar-refractivity contribution < 1.29 is 9.59 Å². The maximum Gasteiger partial charge on any atom is 0.225 e. The number of nitrogens with zero attached hydrogens (tertiary/aromatic N) is 5. The van der Waals surface area contributed by atoms with Crippen LogP contribution in [0.3, 0.4) is 0 Å². The third-order valence-electron chi connectivity index (χ3n) is 4.23. The Morgan fingerprint density at radius 2 is 2.08 bits per heavy atom. The van der Waals surface area contributed by atoms with Crippen molar-refractivity contribution in [2.24, 2.45) is 7.05 Å². The molecule has 3 heterocycles. The Kier molecular flexibility index (Phi) is 5.37. The molecule has 1 N–H and O–H groups in total. The van der Waals surface area contributed by atoms with Gasteiger partial charge in [-0.3, -0.25) is 14.3 Å². The molecule has 132 valence electrons. The Bertz CT molecular complexity index is 730. The fourth-order valence-corrected chi connectivity index (χ4v) is 2.97. The summed E-state index contributed by atoms with van der Waals surface area (Å²) in [5.74, 6) is 0.525. The minimum absolute atomic E-state index is 0.0542. The molecule has 0 aliphatic carbocycles. The number of carbonyl (C=O) groups is 2. The summed E-state index contributed by atoms with van der Waals surface area (Å²) < 4.78 is 1.58. The number of Topliss-reactive ketones (excluding diaryl/α,β-unsaturated/α-hetero) is 1. The van der Waals surface area contributed by atoms with E-state index in [2.05, 4.69) is 25.3 Å². The summed E-state index contributed by atoms with van der Waals surface area (Å²) in [6, 6.07) is 1.84. The highest BCUT2D eigenvalue weighted by atomic mass is 16.2. The molecule has 2 aromatic heterocycles. The first-order chi connectivity index (χ1) is 12.1. The normalized spacial score (nSPS) is 17.3. The van der Waals surface area contributed by atoms with Gasteiger partial charge in [-0.15, -0.1) is 0 Å². The molecular weight excluding hydrogens is 320 g/mol. The van der Waals surface area contributed by atoms with Crippen LogP contribution in [0.15, 0.2) is 30.9 Å². The number of hydrogen-bond donors (Lipinski definition) is 1. The van der Waals surface area contributed by atoms with E-state index >= 15 is 0 Å². The molecule has 1 fully saturated rings. The van der Waals surface area contributed by atoms with E-state index in [9.17, 15) is 9.59 Å². The third-order valence-corrected chi connectivity index (χ3v) is 4.23. The van der Waals surface area contributed by atoms with E-state index in [1.807, 2.05) is 0 Å². The van der Waals surface area contributed by atoms with Crippen molar-refractivity contribution in [1.29, 1.82) is 0 Å². The Morgan fingerprint density at radius 3 is 2.80 bits per heavy atom. The highest BCUT2D eigenvalue weighted by Crippen LogP contribution is 2.15. The van der Waals surface area contributed by atoms with Crippen LogP contribution in [0.1, 0.15) is 36.0 Å². The van der Waals surface area contributed by atoms with E-state index in [1.54, 1.807) is 36.4 Å². The predicted molar refractivity (Wildman–Crippen MR) is 92.2 cm³/mol. The van der Waals surface area contributed by atoms with E-state index in [4.69, 9.17) is 0 Å². The van der Waals surface area contributed by atoms with Gasteiger partial charge in [-0.1, -0.05) is 0 Å². The van der Waals surface area contributed by atoms with Crippen LogP contribution in [-0.4, -0.2) is 50.6 Å². The van der Waals surface area contributed by atoms with Crippen LogP contribution in [0.4, 0.5) is 5.95 Å². The predicted octanol–water partition coefficient (Wildman–Crippen LogP) is 0.958. The van der Waals surface area contributed by atoms with Crippen LogP contribution in [0, 0.1) is 0 Å². The Labute approximate surface area is 146 Å². The number of nitrogens with one attached hydrogen (secondary N) is 1. The largest absolute Gasteiger partial charge is 0.352 e. The van der Waals surface area contributed by atoms with E-state index in [1.165, 1.54) is 6.20 Å². The van der Waals surface area contributed by atoms with Crippen LogP contribution in [0.25, 0.3) is 0 Å². The van der Waals surface area contributed by atoms with Gasteiger partial charge in [0, 0.05) is 57.6 Å². The first-order valence-corrected chi connectivity index (χ1v) is 8.45. The van der Waals surface area contributed by atoms with E-state index < -0.39 is 0 Å². The van der Waals surface area contributed by atoms with Crippen molar-refractivity contribution in [1.82, 2.24) is 25.1 Å². The van der Waals surface area contributed by atoms with Gasteiger partial charge in [0.1, 0.15) is 0 Å². The van der Waals surface area contributed by atoms with Gasteiger partial charge in [0.2, 0.25) is 11.9 Å². The molecule has 1 atom stereocenters. The maximum absolute atomic E-state index is 12.2. The van der Waals surface area contributed by atoms with Crippen molar-refractivity contribution in [3.05, 3.63) is 36.4 Å². The number of ketones is 1. The molecule has 1 aliphatic heterocycles. The smallest absolute Gasteiger partial charge is 0.225 e. The van der Waals surface area contributed by atoms with Gasteiger partial charge in [-0.25, -0.2) is 9.97 Å². The summed E-state index contributed by atoms with van der Waals surface area (Å²) in [4.78, 5) is 34.8. The standard InChI is InChI=1S/C17H22N6O2/c1-22-11-13(10-20-22)15(24)5-6-16(25)21-14-4-2-9-23(12-14)17-18-7-3-8-19-17/h3,7-8,10-11,14H,2,4-6,9,12H2,1H3,(H,21,25)/t14-/m0/s1. The summed E-state index contributed by atoms with van der Waals surface area (Å²) in [7, 11) is 1.76. The highest BCUT2D eigenvalue weighted by molar-refractivity contribution is 5.97. The lowest BCUT2D eigenvalue weighted by Crippen LogP contribution is -2.48. The third kappa shape index (κ3) is 4.62. The SMILES string of the molecule is Cn1cc(C(=O)CCC(=O)N[C@H]2CCCN(c3ncccn3)C2)cn1. The summed E-state index contributed by atoms with van der Waals surface area (Å²) in [6.45, 7) is 1.57. The summed E-state index contributed by atoms with van der Waals surface area (Å²) in [6.07, 6.45) is 8.90. The number of carbonyl (C=O) groups excluding carboxylic acids is 2. The maximum atomic E-state index is 12.2. The Hall–Kier alpha value is -2.77. The lowest BCUT2D eigenvalue weighted by atomic mass is 10.1. The number of rotatable bonds is 6. The second kappa shape index (κ2) is 7.87. The molecule has 0 spiro atoms. The fourth-order valence-electron chi connectivity index (χ4n) is 2.97. The summed E-state index contributed by atoms with van der Waals surface area (Å²) in [5, 5.41) is 6.99. The van der Waals surface area contributed by atoms with Gasteiger partial charge in [0.05, 0.1) is 11.8 Å². The molecule has 0 unspecified atom stereocenters. The number of aromatic nitrogens is 4. The molecular formula is C17H22N6O2. The number of amides is 1. The van der Waals surface area contributed by atoms with Crippen LogP contribution < -0.4 is 10.2 Å². The molecule has 0 radical (unpaired) electrons. The molecule has 2 aromatic rings.